The van der Waals surface area contributed by atoms with Crippen molar-refractivity contribution in [1.29, 1.82) is 0 Å². The van der Waals surface area contributed by atoms with E-state index < -0.39 is 0 Å². The van der Waals surface area contributed by atoms with Crippen molar-refractivity contribution in [2.24, 2.45) is 11.1 Å². The van der Waals surface area contributed by atoms with Gasteiger partial charge in [0.2, 0.25) is 0 Å². The number of benzene rings is 1. The van der Waals surface area contributed by atoms with Gasteiger partial charge in [0.1, 0.15) is 0 Å². The predicted molar refractivity (Wildman–Crippen MR) is 81.1 cm³/mol. The summed E-state index contributed by atoms with van der Waals surface area (Å²) in [4.78, 5) is 0. The van der Waals surface area contributed by atoms with Crippen LogP contribution in [-0.2, 0) is 11.2 Å². The maximum atomic E-state index is 6.26. The standard InChI is InChI=1S/C14H22INO/c1-14(2,3)13(17-4)12(16)9-10-5-7-11(15)8-6-10/h5-8,12-13H,9,16H2,1-4H3. The predicted octanol–water partition coefficient (Wildman–Crippen LogP) is 3.22. The van der Waals surface area contributed by atoms with Crippen LogP contribution in [-0.4, -0.2) is 19.3 Å². The number of nitrogens with two attached hydrogens (primary N) is 1. The quantitative estimate of drug-likeness (QED) is 0.849. The van der Waals surface area contributed by atoms with Crippen LogP contribution in [0.1, 0.15) is 26.3 Å². The van der Waals surface area contributed by atoms with Crippen molar-refractivity contribution in [3.63, 3.8) is 0 Å². The van der Waals surface area contributed by atoms with E-state index in [2.05, 4.69) is 67.6 Å². The van der Waals surface area contributed by atoms with Gasteiger partial charge in [-0.05, 0) is 52.1 Å². The first kappa shape index (κ1) is 14.9. The topological polar surface area (TPSA) is 35.2 Å². The first-order chi connectivity index (χ1) is 7.84. The molecular formula is C14H22INO. The van der Waals surface area contributed by atoms with Crippen LogP contribution in [0, 0.1) is 8.99 Å². The highest BCUT2D eigenvalue weighted by Crippen LogP contribution is 2.25. The Morgan fingerprint density at radius 2 is 1.76 bits per heavy atom. The van der Waals surface area contributed by atoms with Crippen molar-refractivity contribution in [2.75, 3.05) is 7.11 Å². The maximum absolute atomic E-state index is 6.26. The van der Waals surface area contributed by atoms with Crippen LogP contribution in [0.3, 0.4) is 0 Å². The largest absolute Gasteiger partial charge is 0.379 e. The highest BCUT2D eigenvalue weighted by Gasteiger charge is 2.30. The van der Waals surface area contributed by atoms with Crippen molar-refractivity contribution in [2.45, 2.75) is 39.3 Å². The number of ether oxygens (including phenoxy) is 1. The third-order valence-electron chi connectivity index (χ3n) is 2.88. The summed E-state index contributed by atoms with van der Waals surface area (Å²) >= 11 is 2.31. The highest BCUT2D eigenvalue weighted by molar-refractivity contribution is 14.1. The molecule has 0 aliphatic rings. The van der Waals surface area contributed by atoms with Crippen LogP contribution >= 0.6 is 22.6 Å². The molecule has 2 nitrogen and oxygen atoms in total. The van der Waals surface area contributed by atoms with Gasteiger partial charge in [0.05, 0.1) is 6.10 Å². The zero-order valence-corrected chi connectivity index (χ0v) is 13.2. The van der Waals surface area contributed by atoms with Crippen LogP contribution in [0.15, 0.2) is 24.3 Å². The molecule has 3 heteroatoms. The van der Waals surface area contributed by atoms with Crippen LogP contribution in [0.4, 0.5) is 0 Å². The van der Waals surface area contributed by atoms with Gasteiger partial charge in [-0.15, -0.1) is 0 Å². The average Bonchev–Trinajstić information content (AvgIpc) is 2.20. The van der Waals surface area contributed by atoms with Crippen LogP contribution in [0.2, 0.25) is 0 Å². The minimum absolute atomic E-state index is 0.0278. The maximum Gasteiger partial charge on any atom is 0.0773 e. The van der Waals surface area contributed by atoms with E-state index in [0.717, 1.165) is 6.42 Å². The molecule has 0 amide bonds. The Labute approximate surface area is 118 Å². The molecule has 0 aliphatic carbocycles. The lowest BCUT2D eigenvalue weighted by Crippen LogP contribution is -2.46. The molecule has 0 bridgehead atoms. The summed E-state index contributed by atoms with van der Waals surface area (Å²) in [5, 5.41) is 0. The van der Waals surface area contributed by atoms with Crippen molar-refractivity contribution in [1.82, 2.24) is 0 Å². The summed E-state index contributed by atoms with van der Waals surface area (Å²) in [6.45, 7) is 6.48. The zero-order valence-electron chi connectivity index (χ0n) is 11.0. The van der Waals surface area contributed by atoms with Gasteiger partial charge in [-0.25, -0.2) is 0 Å². The van der Waals surface area contributed by atoms with E-state index in [-0.39, 0.29) is 17.6 Å². The third kappa shape index (κ3) is 4.56. The van der Waals surface area contributed by atoms with Gasteiger partial charge in [-0.3, -0.25) is 0 Å². The lowest BCUT2D eigenvalue weighted by atomic mass is 9.83. The molecule has 0 radical (unpaired) electrons. The molecule has 0 aromatic heterocycles. The Hall–Kier alpha value is -0.130. The Balaban J connectivity index is 2.70. The molecule has 2 N–H and O–H groups in total. The summed E-state index contributed by atoms with van der Waals surface area (Å²) in [5.41, 5.74) is 7.59. The molecule has 0 spiro atoms. The van der Waals surface area contributed by atoms with E-state index in [1.807, 2.05) is 0 Å². The molecule has 0 fully saturated rings. The fourth-order valence-corrected chi connectivity index (χ4v) is 2.53. The van der Waals surface area contributed by atoms with Gasteiger partial charge in [0.15, 0.2) is 0 Å². The zero-order chi connectivity index (χ0) is 13.1. The van der Waals surface area contributed by atoms with Crippen LogP contribution in [0.5, 0.6) is 0 Å². The second-order valence-corrected chi connectivity index (χ2v) is 6.76. The Morgan fingerprint density at radius 1 is 1.24 bits per heavy atom. The van der Waals surface area contributed by atoms with E-state index in [4.69, 9.17) is 10.5 Å². The minimum Gasteiger partial charge on any atom is -0.379 e. The lowest BCUT2D eigenvalue weighted by molar-refractivity contribution is -0.00165. The van der Waals surface area contributed by atoms with Gasteiger partial charge in [0.25, 0.3) is 0 Å². The number of hydrogen-bond donors (Lipinski definition) is 1. The molecule has 0 heterocycles. The first-order valence-electron chi connectivity index (χ1n) is 5.87. The summed E-state index contributed by atoms with van der Waals surface area (Å²) < 4.78 is 6.80. The number of methoxy groups -OCH3 is 1. The molecule has 1 rings (SSSR count). The normalized spacial score (nSPS) is 15.6. The minimum atomic E-state index is 0.0278. The van der Waals surface area contributed by atoms with Crippen molar-refractivity contribution in [3.8, 4) is 0 Å². The smallest absolute Gasteiger partial charge is 0.0773 e. The second-order valence-electron chi connectivity index (χ2n) is 5.52. The SMILES string of the molecule is COC(C(N)Cc1ccc(I)cc1)C(C)(C)C. The third-order valence-corrected chi connectivity index (χ3v) is 3.60. The second kappa shape index (κ2) is 6.16. The van der Waals surface area contributed by atoms with Crippen LogP contribution < -0.4 is 5.73 Å². The number of hydrogen-bond acceptors (Lipinski definition) is 2. The van der Waals surface area contributed by atoms with Gasteiger partial charge in [-0.1, -0.05) is 32.9 Å². The van der Waals surface area contributed by atoms with Crippen molar-refractivity contribution in [3.05, 3.63) is 33.4 Å². The summed E-state index contributed by atoms with van der Waals surface area (Å²) in [6.07, 6.45) is 0.925. The molecule has 2 atom stereocenters. The van der Waals surface area contributed by atoms with E-state index >= 15 is 0 Å². The molecule has 0 saturated heterocycles. The summed E-state index contributed by atoms with van der Waals surface area (Å²) in [6, 6.07) is 8.52. The average molecular weight is 347 g/mol. The Bertz CT molecular complexity index is 342. The molecule has 96 valence electrons. The van der Waals surface area contributed by atoms with E-state index in [9.17, 15) is 0 Å². The van der Waals surface area contributed by atoms with Gasteiger partial charge in [0, 0.05) is 16.7 Å². The fraction of sp³-hybridized carbons (Fsp3) is 0.571. The fourth-order valence-electron chi connectivity index (χ4n) is 2.17. The Morgan fingerprint density at radius 3 is 2.18 bits per heavy atom. The van der Waals surface area contributed by atoms with E-state index in [0.29, 0.717) is 0 Å². The first-order valence-corrected chi connectivity index (χ1v) is 6.95. The van der Waals surface area contributed by atoms with Gasteiger partial charge >= 0.3 is 0 Å². The monoisotopic (exact) mass is 347 g/mol. The summed E-state index contributed by atoms with van der Waals surface area (Å²) in [5.74, 6) is 0. The van der Waals surface area contributed by atoms with E-state index in [1.54, 1.807) is 7.11 Å². The molecular weight excluding hydrogens is 325 g/mol. The molecule has 1 aromatic rings. The molecule has 2 unspecified atom stereocenters. The lowest BCUT2D eigenvalue weighted by Gasteiger charge is -2.34. The van der Waals surface area contributed by atoms with Gasteiger partial charge < -0.3 is 10.5 Å². The molecule has 0 aliphatic heterocycles. The Kier molecular flexibility index (Phi) is 5.41. The van der Waals surface area contributed by atoms with Crippen molar-refractivity contribution < 1.29 is 4.74 Å². The number of rotatable bonds is 4. The van der Waals surface area contributed by atoms with Crippen LogP contribution in [0.25, 0.3) is 0 Å². The molecule has 1 aromatic carbocycles. The van der Waals surface area contributed by atoms with E-state index in [1.165, 1.54) is 9.13 Å². The van der Waals surface area contributed by atoms with Crippen molar-refractivity contribution >= 4 is 22.6 Å². The summed E-state index contributed by atoms with van der Waals surface area (Å²) in [7, 11) is 1.74. The van der Waals surface area contributed by atoms with Gasteiger partial charge in [-0.2, -0.15) is 0 Å². The molecule has 0 saturated carbocycles. The molecule has 17 heavy (non-hydrogen) atoms. The highest BCUT2D eigenvalue weighted by atomic mass is 127. The number of halogens is 1.